The average molecular weight is 566 g/mol. The lowest BCUT2D eigenvalue weighted by Crippen LogP contribution is -2.29. The lowest BCUT2D eigenvalue weighted by Gasteiger charge is -2.25. The summed E-state index contributed by atoms with van der Waals surface area (Å²) >= 11 is 3.38. The standard InChI is InChI=1S/C28H24BrNO7/c1-3-14-37-28(35)17-4-9-19(10-5-17)30-24(16-6-11-20(31)12-7-16)23(26(33)27(30)34)25(32)18-8-13-22(36-2)21(29)15-18/h4-13,15,24,31-32H,3,14H2,1-2H3/b25-23-. The maximum atomic E-state index is 13.3. The molecule has 37 heavy (non-hydrogen) atoms. The molecule has 4 rings (SSSR count). The minimum atomic E-state index is -0.987. The predicted molar refractivity (Wildman–Crippen MR) is 141 cm³/mol. The number of aliphatic hydroxyl groups is 1. The molecule has 3 aromatic rings. The van der Waals surface area contributed by atoms with E-state index in [-0.39, 0.29) is 23.7 Å². The Bertz CT molecular complexity index is 1380. The van der Waals surface area contributed by atoms with Gasteiger partial charge < -0.3 is 19.7 Å². The van der Waals surface area contributed by atoms with E-state index >= 15 is 0 Å². The van der Waals surface area contributed by atoms with E-state index in [1.807, 2.05) is 6.92 Å². The largest absolute Gasteiger partial charge is 0.508 e. The maximum Gasteiger partial charge on any atom is 0.338 e. The van der Waals surface area contributed by atoms with Crippen molar-refractivity contribution in [2.75, 3.05) is 18.6 Å². The van der Waals surface area contributed by atoms with Gasteiger partial charge in [0.2, 0.25) is 0 Å². The smallest absolute Gasteiger partial charge is 0.338 e. The van der Waals surface area contributed by atoms with Gasteiger partial charge in [-0.2, -0.15) is 0 Å². The molecule has 0 saturated carbocycles. The minimum Gasteiger partial charge on any atom is -0.508 e. The number of hydrogen-bond donors (Lipinski definition) is 2. The highest BCUT2D eigenvalue weighted by molar-refractivity contribution is 9.10. The number of ketones is 1. The van der Waals surface area contributed by atoms with Gasteiger partial charge in [0.1, 0.15) is 17.3 Å². The zero-order chi connectivity index (χ0) is 26.7. The van der Waals surface area contributed by atoms with Crippen LogP contribution in [0.5, 0.6) is 11.5 Å². The SMILES string of the molecule is CCCOC(=O)c1ccc(N2C(=O)C(=O)/C(=C(\O)c3ccc(OC)c(Br)c3)C2c2ccc(O)cc2)cc1. The molecule has 0 aromatic heterocycles. The monoisotopic (exact) mass is 565 g/mol. The zero-order valence-electron chi connectivity index (χ0n) is 20.1. The molecule has 1 unspecified atom stereocenters. The van der Waals surface area contributed by atoms with E-state index in [1.165, 1.54) is 36.3 Å². The molecular formula is C28H24BrNO7. The number of halogens is 1. The van der Waals surface area contributed by atoms with Crippen molar-refractivity contribution in [2.45, 2.75) is 19.4 Å². The van der Waals surface area contributed by atoms with Crippen LogP contribution in [0.4, 0.5) is 5.69 Å². The molecule has 8 nitrogen and oxygen atoms in total. The van der Waals surface area contributed by atoms with Crippen molar-refractivity contribution in [2.24, 2.45) is 0 Å². The molecule has 1 atom stereocenters. The quantitative estimate of drug-likeness (QED) is 0.171. The summed E-state index contributed by atoms with van der Waals surface area (Å²) in [4.78, 5) is 40.0. The Labute approximate surface area is 221 Å². The van der Waals surface area contributed by atoms with Gasteiger partial charge in [0, 0.05) is 11.3 Å². The van der Waals surface area contributed by atoms with Crippen LogP contribution in [0.3, 0.4) is 0 Å². The molecule has 3 aromatic carbocycles. The molecular weight excluding hydrogens is 542 g/mol. The Morgan fingerprint density at radius 2 is 1.65 bits per heavy atom. The second-order valence-corrected chi connectivity index (χ2v) is 9.15. The van der Waals surface area contributed by atoms with Crippen LogP contribution in [0.2, 0.25) is 0 Å². The minimum absolute atomic E-state index is 0.00901. The first-order chi connectivity index (χ1) is 17.8. The number of rotatable bonds is 7. The molecule has 0 radical (unpaired) electrons. The van der Waals surface area contributed by atoms with Crippen molar-refractivity contribution in [1.29, 1.82) is 0 Å². The highest BCUT2D eigenvalue weighted by atomic mass is 79.9. The van der Waals surface area contributed by atoms with Crippen molar-refractivity contribution < 1.29 is 34.1 Å². The number of aliphatic hydroxyl groups excluding tert-OH is 1. The molecule has 9 heteroatoms. The van der Waals surface area contributed by atoms with Crippen molar-refractivity contribution in [3.05, 3.63) is 93.5 Å². The number of nitrogens with zero attached hydrogens (tertiary/aromatic N) is 1. The van der Waals surface area contributed by atoms with Crippen LogP contribution in [0.1, 0.15) is 40.9 Å². The molecule has 0 bridgehead atoms. The maximum absolute atomic E-state index is 13.3. The van der Waals surface area contributed by atoms with Crippen LogP contribution in [0, 0.1) is 0 Å². The molecule has 0 spiro atoms. The Morgan fingerprint density at radius 1 is 1.00 bits per heavy atom. The third kappa shape index (κ3) is 5.08. The van der Waals surface area contributed by atoms with Crippen LogP contribution >= 0.6 is 15.9 Å². The van der Waals surface area contributed by atoms with Gasteiger partial charge in [-0.3, -0.25) is 14.5 Å². The van der Waals surface area contributed by atoms with Crippen molar-refractivity contribution in [3.63, 3.8) is 0 Å². The molecule has 1 aliphatic rings. The molecule has 1 amide bonds. The first kappa shape index (κ1) is 26.0. The van der Waals surface area contributed by atoms with E-state index < -0.39 is 23.7 Å². The highest BCUT2D eigenvalue weighted by Gasteiger charge is 2.47. The predicted octanol–water partition coefficient (Wildman–Crippen LogP) is 5.36. The number of phenols is 1. The number of anilines is 1. The van der Waals surface area contributed by atoms with Crippen molar-refractivity contribution in [1.82, 2.24) is 0 Å². The number of phenolic OH excluding ortho intramolecular Hbond substituents is 1. The van der Waals surface area contributed by atoms with Gasteiger partial charge in [0.15, 0.2) is 0 Å². The number of methoxy groups -OCH3 is 1. The fourth-order valence-corrected chi connectivity index (χ4v) is 4.62. The van der Waals surface area contributed by atoms with Crippen LogP contribution in [0.15, 0.2) is 76.8 Å². The van der Waals surface area contributed by atoms with Crippen molar-refractivity contribution >= 4 is 45.0 Å². The summed E-state index contributed by atoms with van der Waals surface area (Å²) in [5.74, 6) is -2.01. The first-order valence-electron chi connectivity index (χ1n) is 11.5. The number of ether oxygens (including phenoxy) is 2. The Morgan fingerprint density at radius 3 is 2.24 bits per heavy atom. The zero-order valence-corrected chi connectivity index (χ0v) is 21.7. The van der Waals surface area contributed by atoms with Crippen LogP contribution in [-0.4, -0.2) is 41.6 Å². The molecule has 1 fully saturated rings. The van der Waals surface area contributed by atoms with Gasteiger partial charge in [-0.25, -0.2) is 4.79 Å². The lowest BCUT2D eigenvalue weighted by molar-refractivity contribution is -0.132. The number of Topliss-reactive ketones (excluding diaryl/α,β-unsaturated/α-hetero) is 1. The third-order valence-corrected chi connectivity index (χ3v) is 6.52. The Balaban J connectivity index is 1.83. The molecule has 190 valence electrons. The van der Waals surface area contributed by atoms with Gasteiger partial charge in [-0.1, -0.05) is 19.1 Å². The van der Waals surface area contributed by atoms with E-state index in [0.29, 0.717) is 39.0 Å². The number of esters is 1. The van der Waals surface area contributed by atoms with Gasteiger partial charge in [0.25, 0.3) is 11.7 Å². The lowest BCUT2D eigenvalue weighted by atomic mass is 9.95. The summed E-state index contributed by atoms with van der Waals surface area (Å²) in [6.45, 7) is 2.18. The van der Waals surface area contributed by atoms with Crippen LogP contribution in [0.25, 0.3) is 5.76 Å². The van der Waals surface area contributed by atoms with E-state index in [2.05, 4.69) is 15.9 Å². The fraction of sp³-hybridized carbons (Fsp3) is 0.179. The Kier molecular flexibility index (Phi) is 7.63. The molecule has 2 N–H and O–H groups in total. The van der Waals surface area contributed by atoms with Gasteiger partial charge >= 0.3 is 5.97 Å². The topological polar surface area (TPSA) is 113 Å². The summed E-state index contributed by atoms with van der Waals surface area (Å²) < 4.78 is 10.9. The molecule has 0 aliphatic carbocycles. The fourth-order valence-electron chi connectivity index (χ4n) is 4.08. The summed E-state index contributed by atoms with van der Waals surface area (Å²) in [5.41, 5.74) is 1.35. The van der Waals surface area contributed by atoms with E-state index in [0.717, 1.165) is 0 Å². The normalized spacial score (nSPS) is 16.6. The number of benzene rings is 3. The number of amides is 1. The number of aromatic hydroxyl groups is 1. The number of hydrogen-bond acceptors (Lipinski definition) is 7. The van der Waals surface area contributed by atoms with Gasteiger partial charge in [-0.15, -0.1) is 0 Å². The van der Waals surface area contributed by atoms with E-state index in [9.17, 15) is 24.6 Å². The van der Waals surface area contributed by atoms with E-state index in [4.69, 9.17) is 9.47 Å². The summed E-state index contributed by atoms with van der Waals surface area (Å²) in [6.07, 6.45) is 0.686. The molecule has 1 saturated heterocycles. The Hall–Kier alpha value is -4.11. The third-order valence-electron chi connectivity index (χ3n) is 5.90. The first-order valence-corrected chi connectivity index (χ1v) is 12.3. The summed E-state index contributed by atoms with van der Waals surface area (Å²) in [5, 5.41) is 21.0. The number of carbonyl (C=O) groups excluding carboxylic acids is 3. The van der Waals surface area contributed by atoms with Crippen LogP contribution < -0.4 is 9.64 Å². The van der Waals surface area contributed by atoms with Gasteiger partial charge in [-0.05, 0) is 82.5 Å². The molecule has 1 aliphatic heterocycles. The van der Waals surface area contributed by atoms with Crippen LogP contribution in [-0.2, 0) is 14.3 Å². The summed E-state index contributed by atoms with van der Waals surface area (Å²) in [6, 6.07) is 16.0. The average Bonchev–Trinajstić information content (AvgIpc) is 3.17. The van der Waals surface area contributed by atoms with E-state index in [1.54, 1.807) is 42.5 Å². The van der Waals surface area contributed by atoms with Crippen molar-refractivity contribution in [3.8, 4) is 11.5 Å². The second-order valence-electron chi connectivity index (χ2n) is 8.29. The van der Waals surface area contributed by atoms with Gasteiger partial charge in [0.05, 0.1) is 35.4 Å². The summed E-state index contributed by atoms with van der Waals surface area (Å²) in [7, 11) is 1.50. The molecule has 1 heterocycles. The second kappa shape index (κ2) is 10.9. The number of carbonyl (C=O) groups is 3. The highest BCUT2D eigenvalue weighted by Crippen LogP contribution is 2.43.